The number of pyridine rings is 1. The summed E-state index contributed by atoms with van der Waals surface area (Å²) in [6.07, 6.45) is 6.88. The Morgan fingerprint density at radius 1 is 1.41 bits per heavy atom. The van der Waals surface area contributed by atoms with Gasteiger partial charge in [0.25, 0.3) is 0 Å². The van der Waals surface area contributed by atoms with Gasteiger partial charge in [-0.2, -0.15) is 5.10 Å². The van der Waals surface area contributed by atoms with Crippen LogP contribution in [0.1, 0.15) is 31.1 Å². The maximum absolute atomic E-state index is 6.03. The fourth-order valence-electron chi connectivity index (χ4n) is 2.24. The third-order valence-corrected chi connectivity index (χ3v) is 3.29. The van der Waals surface area contributed by atoms with Crippen molar-refractivity contribution in [2.24, 2.45) is 0 Å². The molecule has 0 spiro atoms. The molecule has 1 unspecified atom stereocenters. The molecule has 1 atom stereocenters. The van der Waals surface area contributed by atoms with E-state index in [0.29, 0.717) is 0 Å². The summed E-state index contributed by atoms with van der Waals surface area (Å²) in [5, 5.41) is 5.29. The molecule has 0 aliphatic carbocycles. The Morgan fingerprint density at radius 2 is 2.29 bits per heavy atom. The zero-order valence-corrected chi connectivity index (χ0v) is 9.89. The minimum atomic E-state index is 0.0101. The lowest BCUT2D eigenvalue weighted by atomic mass is 10.2. The van der Waals surface area contributed by atoms with E-state index in [1.807, 2.05) is 11.6 Å². The third kappa shape index (κ3) is 1.67. The van der Waals surface area contributed by atoms with Gasteiger partial charge in [-0.25, -0.2) is 9.67 Å². The van der Waals surface area contributed by atoms with Crippen LogP contribution >= 0.6 is 0 Å². The molecule has 0 bridgehead atoms. The maximum Gasteiger partial charge on any atom is 0.162 e. The minimum absolute atomic E-state index is 0.0101. The second kappa shape index (κ2) is 4.00. The first kappa shape index (κ1) is 10.5. The summed E-state index contributed by atoms with van der Waals surface area (Å²) in [5.41, 5.74) is 8.60. The molecule has 1 fully saturated rings. The van der Waals surface area contributed by atoms with Gasteiger partial charge in [0, 0.05) is 18.5 Å². The normalized spacial score (nSPS) is 20.9. The first-order valence-electron chi connectivity index (χ1n) is 5.97. The molecule has 2 aromatic heterocycles. The van der Waals surface area contributed by atoms with Crippen molar-refractivity contribution in [2.45, 2.75) is 32.4 Å². The van der Waals surface area contributed by atoms with Crippen molar-refractivity contribution < 1.29 is 4.74 Å². The molecule has 5 heteroatoms. The van der Waals surface area contributed by atoms with Crippen LogP contribution in [0.2, 0.25) is 0 Å². The SMILES string of the molecule is Cc1cnc2c(cnn2C2CCCCO2)c1N. The van der Waals surface area contributed by atoms with Crippen molar-refractivity contribution in [3.8, 4) is 0 Å². The number of anilines is 1. The quantitative estimate of drug-likeness (QED) is 0.816. The van der Waals surface area contributed by atoms with Crippen molar-refractivity contribution in [3.63, 3.8) is 0 Å². The number of aryl methyl sites for hydroxylation is 1. The van der Waals surface area contributed by atoms with E-state index >= 15 is 0 Å². The number of hydrogen-bond donors (Lipinski definition) is 1. The molecule has 17 heavy (non-hydrogen) atoms. The molecule has 5 nitrogen and oxygen atoms in total. The Morgan fingerprint density at radius 3 is 3.06 bits per heavy atom. The number of hydrogen-bond acceptors (Lipinski definition) is 4. The zero-order valence-electron chi connectivity index (χ0n) is 9.89. The van der Waals surface area contributed by atoms with Crippen LogP contribution in [0.4, 0.5) is 5.69 Å². The van der Waals surface area contributed by atoms with E-state index in [1.54, 1.807) is 12.4 Å². The fourth-order valence-corrected chi connectivity index (χ4v) is 2.24. The monoisotopic (exact) mass is 232 g/mol. The molecule has 3 heterocycles. The molecule has 1 saturated heterocycles. The maximum atomic E-state index is 6.03. The van der Waals surface area contributed by atoms with Gasteiger partial charge in [-0.3, -0.25) is 0 Å². The van der Waals surface area contributed by atoms with Gasteiger partial charge >= 0.3 is 0 Å². The molecular weight excluding hydrogens is 216 g/mol. The van der Waals surface area contributed by atoms with Gasteiger partial charge in [-0.1, -0.05) is 0 Å². The highest BCUT2D eigenvalue weighted by molar-refractivity contribution is 5.88. The van der Waals surface area contributed by atoms with Gasteiger partial charge in [0.15, 0.2) is 11.9 Å². The van der Waals surface area contributed by atoms with Crippen LogP contribution in [0.15, 0.2) is 12.4 Å². The average molecular weight is 232 g/mol. The smallest absolute Gasteiger partial charge is 0.162 e. The average Bonchev–Trinajstić information content (AvgIpc) is 2.79. The standard InChI is InChI=1S/C12H16N4O/c1-8-6-14-12-9(11(8)13)7-15-16(12)10-4-2-3-5-17-10/h6-7,10H,2-5H2,1H3,(H2,13,14). The highest BCUT2D eigenvalue weighted by atomic mass is 16.5. The largest absolute Gasteiger partial charge is 0.398 e. The molecule has 2 aromatic rings. The van der Waals surface area contributed by atoms with Gasteiger partial charge in [-0.15, -0.1) is 0 Å². The molecule has 2 N–H and O–H groups in total. The van der Waals surface area contributed by atoms with Crippen molar-refractivity contribution in [1.82, 2.24) is 14.8 Å². The van der Waals surface area contributed by atoms with Crippen LogP contribution < -0.4 is 5.73 Å². The summed E-state index contributed by atoms with van der Waals surface area (Å²) in [4.78, 5) is 4.42. The minimum Gasteiger partial charge on any atom is -0.398 e. The lowest BCUT2D eigenvalue weighted by Gasteiger charge is -2.23. The van der Waals surface area contributed by atoms with E-state index in [0.717, 1.165) is 41.7 Å². The van der Waals surface area contributed by atoms with Gasteiger partial charge in [-0.05, 0) is 31.7 Å². The van der Waals surface area contributed by atoms with E-state index < -0.39 is 0 Å². The van der Waals surface area contributed by atoms with E-state index in [9.17, 15) is 0 Å². The van der Waals surface area contributed by atoms with Gasteiger partial charge < -0.3 is 10.5 Å². The molecule has 90 valence electrons. The molecular formula is C12H16N4O. The number of nitrogens with zero attached hydrogens (tertiary/aromatic N) is 3. The van der Waals surface area contributed by atoms with Crippen LogP contribution in [0.3, 0.4) is 0 Å². The predicted octanol–water partition coefficient (Wildman–Crippen LogP) is 2.02. The Bertz CT molecular complexity index is 543. The Hall–Kier alpha value is -1.62. The van der Waals surface area contributed by atoms with Crippen molar-refractivity contribution >= 4 is 16.7 Å². The number of rotatable bonds is 1. The summed E-state index contributed by atoms with van der Waals surface area (Å²) in [5.74, 6) is 0. The number of ether oxygens (including phenoxy) is 1. The van der Waals surface area contributed by atoms with Crippen molar-refractivity contribution in [2.75, 3.05) is 12.3 Å². The summed E-state index contributed by atoms with van der Waals surface area (Å²) in [6.45, 7) is 2.75. The second-order valence-corrected chi connectivity index (χ2v) is 4.50. The van der Waals surface area contributed by atoms with Gasteiger partial charge in [0.2, 0.25) is 0 Å². The van der Waals surface area contributed by atoms with E-state index in [4.69, 9.17) is 10.5 Å². The topological polar surface area (TPSA) is 66.0 Å². The fraction of sp³-hybridized carbons (Fsp3) is 0.500. The molecule has 3 rings (SSSR count). The van der Waals surface area contributed by atoms with Crippen LogP contribution in [-0.2, 0) is 4.74 Å². The molecule has 0 aromatic carbocycles. The van der Waals surface area contributed by atoms with E-state index in [1.165, 1.54) is 6.42 Å². The van der Waals surface area contributed by atoms with Crippen LogP contribution in [-0.4, -0.2) is 21.4 Å². The first-order chi connectivity index (χ1) is 8.27. The van der Waals surface area contributed by atoms with Gasteiger partial charge in [0.05, 0.1) is 11.6 Å². The molecule has 0 radical (unpaired) electrons. The molecule has 1 aliphatic heterocycles. The van der Waals surface area contributed by atoms with E-state index in [-0.39, 0.29) is 6.23 Å². The van der Waals surface area contributed by atoms with Crippen LogP contribution in [0.25, 0.3) is 11.0 Å². The van der Waals surface area contributed by atoms with Gasteiger partial charge in [0.1, 0.15) is 0 Å². The summed E-state index contributed by atoms with van der Waals surface area (Å²) < 4.78 is 7.57. The van der Waals surface area contributed by atoms with Crippen LogP contribution in [0.5, 0.6) is 0 Å². The number of fused-ring (bicyclic) bond motifs is 1. The van der Waals surface area contributed by atoms with Crippen LogP contribution in [0, 0.1) is 6.92 Å². The lowest BCUT2D eigenvalue weighted by molar-refractivity contribution is -0.0370. The Balaban J connectivity index is 2.08. The molecule has 1 aliphatic rings. The number of aromatic nitrogens is 3. The number of nitrogen functional groups attached to an aromatic ring is 1. The molecule has 0 saturated carbocycles. The highest BCUT2D eigenvalue weighted by Gasteiger charge is 2.20. The third-order valence-electron chi connectivity index (χ3n) is 3.29. The van der Waals surface area contributed by atoms with Crippen molar-refractivity contribution in [1.29, 1.82) is 0 Å². The lowest BCUT2D eigenvalue weighted by Crippen LogP contribution is -2.19. The summed E-state index contributed by atoms with van der Waals surface area (Å²) in [6, 6.07) is 0. The molecule has 0 amide bonds. The Labute approximate surface area is 99.6 Å². The predicted molar refractivity (Wildman–Crippen MR) is 65.5 cm³/mol. The zero-order chi connectivity index (χ0) is 11.8. The highest BCUT2D eigenvalue weighted by Crippen LogP contribution is 2.28. The van der Waals surface area contributed by atoms with E-state index in [2.05, 4.69) is 10.1 Å². The summed E-state index contributed by atoms with van der Waals surface area (Å²) in [7, 11) is 0. The summed E-state index contributed by atoms with van der Waals surface area (Å²) >= 11 is 0. The first-order valence-corrected chi connectivity index (χ1v) is 5.97. The Kier molecular flexibility index (Phi) is 2.48. The number of nitrogens with two attached hydrogens (primary N) is 1. The van der Waals surface area contributed by atoms with Crippen molar-refractivity contribution in [3.05, 3.63) is 18.0 Å². The second-order valence-electron chi connectivity index (χ2n) is 4.50.